The van der Waals surface area contributed by atoms with E-state index in [0.717, 1.165) is 3.57 Å². The summed E-state index contributed by atoms with van der Waals surface area (Å²) in [6, 6.07) is 13.1. The van der Waals surface area contributed by atoms with E-state index in [2.05, 4.69) is 27.9 Å². The summed E-state index contributed by atoms with van der Waals surface area (Å²) < 4.78 is 14.7. The number of carboxylic acids is 1. The zero-order chi connectivity index (χ0) is 14.8. The molecule has 0 fully saturated rings. The lowest BCUT2D eigenvalue weighted by Gasteiger charge is -2.28. The predicted molar refractivity (Wildman–Crippen MR) is 84.2 cm³/mol. The Balaban J connectivity index is 2.43. The fourth-order valence-corrected chi connectivity index (χ4v) is 2.22. The monoisotopic (exact) mass is 385 g/mol. The van der Waals surface area contributed by atoms with Gasteiger partial charge >= 0.3 is 5.97 Å². The van der Waals surface area contributed by atoms with Crippen molar-refractivity contribution < 1.29 is 14.3 Å². The van der Waals surface area contributed by atoms with Gasteiger partial charge < -0.3 is 10.4 Å². The summed E-state index contributed by atoms with van der Waals surface area (Å²) in [5.41, 5.74) is -0.670. The minimum Gasteiger partial charge on any atom is -0.479 e. The first-order valence-corrected chi connectivity index (χ1v) is 7.03. The molecule has 0 heterocycles. The average Bonchev–Trinajstić information content (AvgIpc) is 2.42. The molecule has 2 rings (SSSR count). The van der Waals surface area contributed by atoms with Crippen LogP contribution in [0, 0.1) is 9.39 Å². The molecule has 0 bridgehead atoms. The van der Waals surface area contributed by atoms with Crippen LogP contribution in [0.15, 0.2) is 48.5 Å². The topological polar surface area (TPSA) is 49.3 Å². The number of benzene rings is 2. The summed E-state index contributed by atoms with van der Waals surface area (Å²) in [5.74, 6) is -1.55. The third-order valence-corrected chi connectivity index (χ3v) is 3.83. The van der Waals surface area contributed by atoms with Crippen molar-refractivity contribution in [1.82, 2.24) is 0 Å². The van der Waals surface area contributed by atoms with E-state index in [1.54, 1.807) is 24.3 Å². The summed E-state index contributed by atoms with van der Waals surface area (Å²) in [4.78, 5) is 11.6. The molecule has 0 spiro atoms. The molecule has 0 amide bonds. The number of para-hydroxylation sites is 1. The van der Waals surface area contributed by atoms with E-state index >= 15 is 0 Å². The molecular formula is C15H13FINO2. The van der Waals surface area contributed by atoms with Gasteiger partial charge in [-0.1, -0.05) is 24.3 Å². The van der Waals surface area contributed by atoms with Crippen molar-refractivity contribution in [3.63, 3.8) is 0 Å². The maximum atomic E-state index is 13.7. The Morgan fingerprint density at radius 1 is 1.20 bits per heavy atom. The maximum absolute atomic E-state index is 13.7. The maximum Gasteiger partial charge on any atom is 0.333 e. The lowest BCUT2D eigenvalue weighted by Crippen LogP contribution is -2.40. The van der Waals surface area contributed by atoms with Crippen LogP contribution in [0.4, 0.5) is 10.1 Å². The van der Waals surface area contributed by atoms with Crippen LogP contribution in [0.3, 0.4) is 0 Å². The number of rotatable bonds is 4. The highest BCUT2D eigenvalue weighted by Gasteiger charge is 2.35. The first kappa shape index (κ1) is 14.8. The van der Waals surface area contributed by atoms with E-state index in [4.69, 9.17) is 0 Å². The van der Waals surface area contributed by atoms with Crippen LogP contribution in [0.2, 0.25) is 0 Å². The van der Waals surface area contributed by atoms with Gasteiger partial charge in [-0.15, -0.1) is 0 Å². The van der Waals surface area contributed by atoms with E-state index in [-0.39, 0.29) is 5.69 Å². The fourth-order valence-electron chi connectivity index (χ4n) is 1.86. The molecule has 0 saturated carbocycles. The predicted octanol–water partition coefficient (Wildman–Crippen LogP) is 3.84. The smallest absolute Gasteiger partial charge is 0.333 e. The third kappa shape index (κ3) is 2.92. The van der Waals surface area contributed by atoms with Gasteiger partial charge in [-0.3, -0.25) is 0 Å². The first-order valence-electron chi connectivity index (χ1n) is 5.95. The van der Waals surface area contributed by atoms with Crippen molar-refractivity contribution in [3.05, 3.63) is 63.5 Å². The van der Waals surface area contributed by atoms with E-state index < -0.39 is 17.3 Å². The van der Waals surface area contributed by atoms with Gasteiger partial charge in [-0.2, -0.15) is 0 Å². The number of hydrogen-bond donors (Lipinski definition) is 2. The molecule has 0 saturated heterocycles. The van der Waals surface area contributed by atoms with Crippen molar-refractivity contribution in [1.29, 1.82) is 0 Å². The number of carbonyl (C=O) groups is 1. The molecular weight excluding hydrogens is 372 g/mol. The molecule has 3 nitrogen and oxygen atoms in total. The molecule has 20 heavy (non-hydrogen) atoms. The van der Waals surface area contributed by atoms with Crippen LogP contribution in [0.25, 0.3) is 0 Å². The quantitative estimate of drug-likeness (QED) is 0.787. The molecule has 5 heteroatoms. The Morgan fingerprint density at radius 2 is 1.80 bits per heavy atom. The minimum atomic E-state index is -1.40. The van der Waals surface area contributed by atoms with Crippen LogP contribution in [-0.2, 0) is 10.3 Å². The Kier molecular flexibility index (Phi) is 4.27. The molecule has 2 N–H and O–H groups in total. The van der Waals surface area contributed by atoms with Crippen LogP contribution in [0.5, 0.6) is 0 Å². The Hall–Kier alpha value is -1.63. The van der Waals surface area contributed by atoms with Gasteiger partial charge in [-0.25, -0.2) is 9.18 Å². The molecule has 2 aromatic carbocycles. The largest absolute Gasteiger partial charge is 0.479 e. The van der Waals surface area contributed by atoms with E-state index in [1.165, 1.54) is 19.1 Å². The van der Waals surface area contributed by atoms with E-state index in [0.29, 0.717) is 5.56 Å². The molecule has 1 atom stereocenters. The number of nitrogens with one attached hydrogen (secondary N) is 1. The standard InChI is InChI=1S/C15H13FINO2/c1-15(14(19)20,10-6-8-11(17)9-7-10)18-13-5-3-2-4-12(13)16/h2-9,18H,1H3,(H,19,20). The summed E-state index contributed by atoms with van der Waals surface area (Å²) in [6.07, 6.45) is 0. The molecule has 1 unspecified atom stereocenters. The highest BCUT2D eigenvalue weighted by atomic mass is 127. The lowest BCUT2D eigenvalue weighted by atomic mass is 9.91. The van der Waals surface area contributed by atoms with Gasteiger partial charge in [0.05, 0.1) is 5.69 Å². The third-order valence-electron chi connectivity index (χ3n) is 3.11. The van der Waals surface area contributed by atoms with Crippen LogP contribution < -0.4 is 5.32 Å². The van der Waals surface area contributed by atoms with Crippen molar-refractivity contribution in [3.8, 4) is 0 Å². The molecule has 104 valence electrons. The zero-order valence-electron chi connectivity index (χ0n) is 10.7. The van der Waals surface area contributed by atoms with Crippen LogP contribution in [-0.4, -0.2) is 11.1 Å². The highest BCUT2D eigenvalue weighted by molar-refractivity contribution is 14.1. The molecule has 0 radical (unpaired) electrons. The van der Waals surface area contributed by atoms with Crippen molar-refractivity contribution >= 4 is 34.2 Å². The molecule has 0 aromatic heterocycles. The van der Waals surface area contributed by atoms with Gasteiger partial charge in [0.2, 0.25) is 0 Å². The van der Waals surface area contributed by atoms with Crippen LogP contribution >= 0.6 is 22.6 Å². The van der Waals surface area contributed by atoms with Gasteiger partial charge in [0.1, 0.15) is 5.82 Å². The second kappa shape index (κ2) is 5.78. The van der Waals surface area contributed by atoms with Crippen molar-refractivity contribution in [2.45, 2.75) is 12.5 Å². The highest BCUT2D eigenvalue weighted by Crippen LogP contribution is 2.28. The first-order chi connectivity index (χ1) is 9.43. The number of aliphatic carboxylic acids is 1. The normalized spacial score (nSPS) is 13.6. The van der Waals surface area contributed by atoms with Gasteiger partial charge in [0.25, 0.3) is 0 Å². The molecule has 0 aliphatic rings. The van der Waals surface area contributed by atoms with Gasteiger partial charge in [0.15, 0.2) is 5.54 Å². The molecule has 0 aliphatic heterocycles. The lowest BCUT2D eigenvalue weighted by molar-refractivity contribution is -0.142. The number of anilines is 1. The van der Waals surface area contributed by atoms with Crippen molar-refractivity contribution in [2.75, 3.05) is 5.32 Å². The van der Waals surface area contributed by atoms with Crippen molar-refractivity contribution in [2.24, 2.45) is 0 Å². The van der Waals surface area contributed by atoms with Crippen LogP contribution in [0.1, 0.15) is 12.5 Å². The summed E-state index contributed by atoms with van der Waals surface area (Å²) in [6.45, 7) is 1.52. The fraction of sp³-hybridized carbons (Fsp3) is 0.133. The molecule has 2 aromatic rings. The Morgan fingerprint density at radius 3 is 2.35 bits per heavy atom. The average molecular weight is 385 g/mol. The second-order valence-corrected chi connectivity index (χ2v) is 5.79. The van der Waals surface area contributed by atoms with Gasteiger partial charge in [0, 0.05) is 3.57 Å². The van der Waals surface area contributed by atoms with Gasteiger partial charge in [-0.05, 0) is 59.3 Å². The summed E-state index contributed by atoms with van der Waals surface area (Å²) in [5, 5.41) is 12.3. The Labute approximate surface area is 130 Å². The second-order valence-electron chi connectivity index (χ2n) is 4.54. The van der Waals surface area contributed by atoms with E-state index in [1.807, 2.05) is 12.1 Å². The van der Waals surface area contributed by atoms with E-state index in [9.17, 15) is 14.3 Å². The Bertz CT molecular complexity index is 630. The number of halogens is 2. The summed E-state index contributed by atoms with van der Waals surface area (Å²) >= 11 is 2.14. The number of carboxylic acid groups (broad SMARTS) is 1. The summed E-state index contributed by atoms with van der Waals surface area (Å²) in [7, 11) is 0. The minimum absolute atomic E-state index is 0.163. The SMILES string of the molecule is CC(Nc1ccccc1F)(C(=O)O)c1ccc(I)cc1. The zero-order valence-corrected chi connectivity index (χ0v) is 12.9. The number of hydrogen-bond acceptors (Lipinski definition) is 2. The molecule has 0 aliphatic carbocycles.